The molecule has 506 valence electrons. The lowest BCUT2D eigenvalue weighted by molar-refractivity contribution is -0.436. The van der Waals surface area contributed by atoms with E-state index >= 15 is 0 Å². The number of fused-ring (bicyclic) bond motifs is 2. The van der Waals surface area contributed by atoms with Gasteiger partial charge in [0.1, 0.15) is 0 Å². The summed E-state index contributed by atoms with van der Waals surface area (Å²) in [7, 11) is -7.86. The number of para-hydroxylation sites is 2. The number of nitrogens with zero attached hydrogens (tertiary/aromatic N) is 4. The number of amides is 2. The van der Waals surface area contributed by atoms with Gasteiger partial charge in [-0.1, -0.05) is 217 Å². The number of hydrogen-bond donors (Lipinski definition) is 4. The number of hydrazone groups is 2. The van der Waals surface area contributed by atoms with Crippen LogP contribution in [0.2, 0.25) is 0 Å². The Morgan fingerprint density at radius 2 is 1.03 bits per heavy atom. The van der Waals surface area contributed by atoms with Crippen LogP contribution in [0.3, 0.4) is 0 Å². The van der Waals surface area contributed by atoms with Gasteiger partial charge in [0.15, 0.2) is 12.3 Å². The summed E-state index contributed by atoms with van der Waals surface area (Å²) in [5.74, 6) is 0.496. The molecule has 0 spiro atoms. The number of anilines is 1. The average Bonchev–Trinajstić information content (AvgIpc) is 1.67. The van der Waals surface area contributed by atoms with Gasteiger partial charge >= 0.3 is 0 Å². The van der Waals surface area contributed by atoms with Gasteiger partial charge in [0, 0.05) is 60.6 Å². The fourth-order valence-corrected chi connectivity index (χ4v) is 15.6. The standard InChI is InChI=1S/C78H98N8O6S2.ClH/c1-16-61-46-62(52(2)3)47-64(54(6)7)75(61)93(89,90)83-81-50-59-34-30-57(31-35-59)38-42-79-73(87)40-44-85-69-26-22-20-24-67(69)77(12,13)71(85)28-18-17-19-29-72-78(14,15)68-25-21-23-27-70(68)86(72)45-41-74(88)80-43-39-58-32-36-60(37-33-58)51-82-84-94(91,92)76-65(55(8)9)48-63(53(4)5)49-66(76)56(10)11;/h17-37,46-56,83-84H,16,38-45H2,1-15H3,(H-,79,80,87,88);1H/b81-50+,82-51+;. The summed E-state index contributed by atoms with van der Waals surface area (Å²) < 4.78 is 57.2. The molecule has 0 unspecified atom stereocenters. The number of carbonyl (C=O) groups excluding carboxylic acids is 2. The van der Waals surface area contributed by atoms with Crippen LogP contribution in [0, 0.1) is 0 Å². The van der Waals surface area contributed by atoms with Gasteiger partial charge in [0.2, 0.25) is 17.5 Å². The number of sulfonamides is 2. The fourth-order valence-electron chi connectivity index (χ4n) is 12.7. The van der Waals surface area contributed by atoms with Crippen molar-refractivity contribution in [3.05, 3.63) is 224 Å². The van der Waals surface area contributed by atoms with E-state index in [1.165, 1.54) is 23.6 Å². The normalized spacial score (nSPS) is 15.0. The predicted octanol–water partition coefficient (Wildman–Crippen LogP) is 12.2. The van der Waals surface area contributed by atoms with Crippen molar-refractivity contribution in [2.45, 2.75) is 186 Å². The number of halogens is 1. The van der Waals surface area contributed by atoms with Crippen LogP contribution in [0.4, 0.5) is 11.4 Å². The van der Waals surface area contributed by atoms with E-state index < -0.39 is 20.0 Å². The molecule has 2 aliphatic rings. The summed E-state index contributed by atoms with van der Waals surface area (Å²) in [6.45, 7) is 33.3. The molecule has 6 aromatic carbocycles. The molecule has 0 aromatic heterocycles. The monoisotopic (exact) mass is 1340 g/mol. The molecule has 8 rings (SSSR count). The maximum Gasteiger partial charge on any atom is 0.277 e. The second kappa shape index (κ2) is 32.2. The van der Waals surface area contributed by atoms with Crippen molar-refractivity contribution in [3.63, 3.8) is 0 Å². The number of rotatable bonds is 29. The molecule has 95 heavy (non-hydrogen) atoms. The summed E-state index contributed by atoms with van der Waals surface area (Å²) in [6.07, 6.45) is 15.9. The molecular weight excluding hydrogens is 1240 g/mol. The van der Waals surface area contributed by atoms with Crippen molar-refractivity contribution in [2.75, 3.05) is 31.1 Å². The maximum atomic E-state index is 13.8. The minimum atomic E-state index is -3.95. The molecule has 14 nitrogen and oxygen atoms in total. The Hall–Kier alpha value is -7.92. The van der Waals surface area contributed by atoms with Gasteiger partial charge in [-0.15, -0.1) is 0 Å². The lowest BCUT2D eigenvalue weighted by atomic mass is 9.81. The van der Waals surface area contributed by atoms with Gasteiger partial charge in [-0.3, -0.25) is 9.59 Å². The first-order valence-corrected chi connectivity index (χ1v) is 36.3. The highest BCUT2D eigenvalue weighted by Crippen LogP contribution is 2.48. The van der Waals surface area contributed by atoms with Gasteiger partial charge < -0.3 is 27.9 Å². The SMILES string of the molecule is CCc1cc(C(C)C)cc(C(C)C)c1S(=O)(=O)N/N=C/c1ccc(CCNC(=O)CC[N+]2=C(C=CC=CC=C3N(CCC(=O)NCCc4ccc(/C=N/NS(=O)(=O)c5c(C(C)C)cc(C(C)C)cc5C(C)C)cc4)c4ccccc4C3(C)C)C(C)(C)c3ccccc32)cc1.[Cl-]. The van der Waals surface area contributed by atoms with Crippen molar-refractivity contribution in [1.29, 1.82) is 0 Å². The van der Waals surface area contributed by atoms with E-state index in [9.17, 15) is 26.4 Å². The Morgan fingerprint density at radius 3 is 1.55 bits per heavy atom. The first-order chi connectivity index (χ1) is 44.5. The Bertz CT molecular complexity index is 4110. The lowest BCUT2D eigenvalue weighted by Crippen LogP contribution is -3.00. The van der Waals surface area contributed by atoms with Crippen LogP contribution in [0.15, 0.2) is 177 Å². The van der Waals surface area contributed by atoms with Crippen molar-refractivity contribution < 1.29 is 43.4 Å². The molecule has 2 heterocycles. The molecule has 4 N–H and O–H groups in total. The molecule has 2 aliphatic heterocycles. The van der Waals surface area contributed by atoms with E-state index in [4.69, 9.17) is 0 Å². The van der Waals surface area contributed by atoms with E-state index in [0.29, 0.717) is 68.1 Å². The summed E-state index contributed by atoms with van der Waals surface area (Å²) in [4.78, 5) is 34.8. The zero-order valence-corrected chi connectivity index (χ0v) is 60.7. The van der Waals surface area contributed by atoms with Crippen LogP contribution in [-0.2, 0) is 59.7 Å². The highest BCUT2D eigenvalue weighted by atomic mass is 35.5. The Kier molecular flexibility index (Phi) is 25.3. The molecule has 0 saturated carbocycles. The van der Waals surface area contributed by atoms with Crippen LogP contribution in [0.1, 0.15) is 213 Å². The van der Waals surface area contributed by atoms with Crippen LogP contribution < -0.4 is 37.6 Å². The zero-order chi connectivity index (χ0) is 68.3. The van der Waals surface area contributed by atoms with Crippen LogP contribution in [0.5, 0.6) is 0 Å². The zero-order valence-electron chi connectivity index (χ0n) is 58.3. The third-order valence-electron chi connectivity index (χ3n) is 18.2. The number of hydrogen-bond acceptors (Lipinski definition) is 9. The predicted molar refractivity (Wildman–Crippen MR) is 387 cm³/mol. The number of nitrogens with one attached hydrogen (secondary N) is 4. The largest absolute Gasteiger partial charge is 1.00 e. The summed E-state index contributed by atoms with van der Waals surface area (Å²) in [5.41, 5.74) is 15.1. The highest BCUT2D eigenvalue weighted by molar-refractivity contribution is 7.89. The van der Waals surface area contributed by atoms with Crippen molar-refractivity contribution in [2.24, 2.45) is 10.2 Å². The molecule has 17 heteroatoms. The fraction of sp³-hybridized carbons (Fsp3) is 0.397. The van der Waals surface area contributed by atoms with E-state index in [0.717, 1.165) is 78.4 Å². The van der Waals surface area contributed by atoms with Crippen molar-refractivity contribution in [3.8, 4) is 0 Å². The summed E-state index contributed by atoms with van der Waals surface area (Å²) in [6, 6.07) is 40.3. The molecule has 2 amide bonds. The summed E-state index contributed by atoms with van der Waals surface area (Å²) in [5, 5.41) is 14.6. The van der Waals surface area contributed by atoms with Crippen LogP contribution >= 0.6 is 0 Å². The third-order valence-corrected chi connectivity index (χ3v) is 20.9. The van der Waals surface area contributed by atoms with Gasteiger partial charge in [0.05, 0.1) is 34.1 Å². The first-order valence-electron chi connectivity index (χ1n) is 33.4. The lowest BCUT2D eigenvalue weighted by Gasteiger charge is -2.27. The van der Waals surface area contributed by atoms with Crippen LogP contribution in [0.25, 0.3) is 0 Å². The average molecular weight is 1340 g/mol. The second-order valence-electron chi connectivity index (χ2n) is 27.4. The molecule has 0 fully saturated rings. The molecule has 0 aliphatic carbocycles. The number of benzene rings is 6. The van der Waals surface area contributed by atoms with Gasteiger partial charge in [0.25, 0.3) is 20.0 Å². The Balaban J connectivity index is 0.0000128. The summed E-state index contributed by atoms with van der Waals surface area (Å²) >= 11 is 0. The first kappa shape index (κ1) is 74.5. The van der Waals surface area contributed by atoms with Crippen molar-refractivity contribution >= 4 is 61.4 Å². The van der Waals surface area contributed by atoms with E-state index in [-0.39, 0.29) is 64.6 Å². The van der Waals surface area contributed by atoms with Crippen molar-refractivity contribution in [1.82, 2.24) is 20.3 Å². The topological polar surface area (TPSA) is 182 Å². The van der Waals surface area contributed by atoms with E-state index in [1.807, 2.05) is 139 Å². The highest BCUT2D eigenvalue weighted by Gasteiger charge is 2.44. The second-order valence-corrected chi connectivity index (χ2v) is 30.6. The van der Waals surface area contributed by atoms with Crippen LogP contribution in [-0.4, -0.2) is 77.5 Å². The molecule has 0 saturated heterocycles. The minimum absolute atomic E-state index is 0. The number of carbonyl (C=O) groups is 2. The van der Waals surface area contributed by atoms with E-state index in [1.54, 1.807) is 0 Å². The number of aryl methyl sites for hydroxylation is 1. The number of allylic oxidation sites excluding steroid dienone is 6. The van der Waals surface area contributed by atoms with Gasteiger partial charge in [-0.2, -0.15) is 31.6 Å². The Labute approximate surface area is 573 Å². The maximum absolute atomic E-state index is 13.8. The van der Waals surface area contributed by atoms with Gasteiger partial charge in [-0.25, -0.2) is 9.66 Å². The molecule has 0 bridgehead atoms. The van der Waals surface area contributed by atoms with E-state index in [2.05, 4.69) is 156 Å². The van der Waals surface area contributed by atoms with Gasteiger partial charge in [-0.05, 0) is 136 Å². The molecule has 0 atom stereocenters. The minimum Gasteiger partial charge on any atom is -1.00 e. The molecular formula is C78H99ClN8O6S2. The Morgan fingerprint density at radius 1 is 0.558 bits per heavy atom. The molecule has 0 radical (unpaired) electrons. The third kappa shape index (κ3) is 18.0. The smallest absolute Gasteiger partial charge is 0.277 e. The molecule has 6 aromatic rings. The quantitative estimate of drug-likeness (QED) is 0.0156.